The Labute approximate surface area is 407 Å². The zero-order valence-electron chi connectivity index (χ0n) is 36.4. The van der Waals surface area contributed by atoms with Gasteiger partial charge < -0.3 is 0 Å². The van der Waals surface area contributed by atoms with Gasteiger partial charge in [-0.2, -0.15) is 0 Å². The third kappa shape index (κ3) is 9.59. The Morgan fingerprint density at radius 3 is 1.18 bits per heavy atom. The van der Waals surface area contributed by atoms with E-state index in [-0.39, 0.29) is 40.5 Å². The molecule has 310 valence electrons. The maximum Gasteiger partial charge on any atom is 2.00 e. The van der Waals surface area contributed by atoms with Gasteiger partial charge >= 0.3 is 40.5 Å². The van der Waals surface area contributed by atoms with Crippen LogP contribution >= 0.6 is 0 Å². The van der Waals surface area contributed by atoms with Crippen LogP contribution in [0.3, 0.4) is 0 Å². The summed E-state index contributed by atoms with van der Waals surface area (Å²) in [6, 6.07) is 38.5. The van der Waals surface area contributed by atoms with Crippen LogP contribution in [0.5, 0.6) is 0 Å². The Morgan fingerprint density at radius 2 is 0.754 bits per heavy atom. The quantitative estimate of drug-likeness (QED) is 0.169. The number of nitrogens with one attached hydrogen (secondary N) is 1. The summed E-state index contributed by atoms with van der Waals surface area (Å²) in [6.07, 6.45) is 28.7. The average Bonchev–Trinajstić information content (AvgIpc) is 4.18. The fourth-order valence-electron chi connectivity index (χ4n) is 8.44. The van der Waals surface area contributed by atoms with Gasteiger partial charge in [-0.3, -0.25) is 20.6 Å². The summed E-state index contributed by atoms with van der Waals surface area (Å²) in [5.41, 5.74) is 23.2. The summed E-state index contributed by atoms with van der Waals surface area (Å²) in [5, 5.41) is 4.59. The number of H-pyrrole nitrogens is 1. The van der Waals surface area contributed by atoms with E-state index >= 15 is 0 Å². The number of allylic oxidation sites excluding steroid dienone is 12. The van der Waals surface area contributed by atoms with Crippen LogP contribution < -0.4 is 15.6 Å². The first-order valence-electron chi connectivity index (χ1n) is 21.2. The van der Waals surface area contributed by atoms with Gasteiger partial charge in [0.25, 0.3) is 0 Å². The van der Waals surface area contributed by atoms with Crippen molar-refractivity contribution < 1.29 is 56.2 Å². The van der Waals surface area contributed by atoms with E-state index in [0.717, 1.165) is 90.2 Å². The number of aliphatic imine (C=N–C) groups is 2. The van der Waals surface area contributed by atoms with Crippen LogP contribution in [0.4, 0.5) is 0 Å². The molecular weight excluding hydrogens is 1030 g/mol. The SMILES string of the molecule is Cc1ccc(C2=C3C=CC(=N3)C(c3ccc(C)cc3)=C3C=CC(=C(c4ccc(C)cc4)C4=NC(=C(c5ccncc5)C5=CC=C2[NH2+]5)C=C4)[NH2+]3)cc1.[Pt+2].[Zn+2].c1cc(-c2cc[nH+]cc2)ccn1. The van der Waals surface area contributed by atoms with Gasteiger partial charge in [-0.15, -0.1) is 0 Å². The molecular formula is C56H46N7PtZn+7. The number of aromatic amines is 1. The van der Waals surface area contributed by atoms with E-state index in [0.29, 0.717) is 0 Å². The molecule has 0 spiro atoms. The number of benzene rings is 3. The number of fused-ring (bicyclic) bond motifs is 6. The van der Waals surface area contributed by atoms with Gasteiger partial charge in [0.1, 0.15) is 22.8 Å². The van der Waals surface area contributed by atoms with Gasteiger partial charge in [0.15, 0.2) is 12.4 Å². The van der Waals surface area contributed by atoms with Crippen molar-refractivity contribution in [2.45, 2.75) is 20.8 Å². The van der Waals surface area contributed by atoms with E-state index in [1.165, 1.54) is 27.8 Å². The Balaban J connectivity index is 0.000000357. The van der Waals surface area contributed by atoms with Crippen molar-refractivity contribution in [1.29, 1.82) is 0 Å². The summed E-state index contributed by atoms with van der Waals surface area (Å²) < 4.78 is 0. The molecule has 8 bridgehead atoms. The van der Waals surface area contributed by atoms with Crippen molar-refractivity contribution in [3.8, 4) is 11.1 Å². The maximum absolute atomic E-state index is 5.43. The molecule has 11 rings (SSSR count). The van der Waals surface area contributed by atoms with Crippen molar-refractivity contribution in [1.82, 2.24) is 9.97 Å². The smallest absolute Gasteiger partial charge is 0.280 e. The van der Waals surface area contributed by atoms with Crippen LogP contribution in [0.15, 0.2) is 239 Å². The number of pyridine rings is 3. The zero-order chi connectivity index (χ0) is 42.7. The van der Waals surface area contributed by atoms with Gasteiger partial charge in [0.2, 0.25) is 0 Å². The largest absolute Gasteiger partial charge is 2.00 e. The predicted octanol–water partition coefficient (Wildman–Crippen LogP) is 9.02. The fourth-order valence-corrected chi connectivity index (χ4v) is 8.44. The molecule has 8 heterocycles. The van der Waals surface area contributed by atoms with Crippen molar-refractivity contribution in [3.05, 3.63) is 268 Å². The molecule has 6 aromatic rings. The molecule has 5 aliphatic rings. The summed E-state index contributed by atoms with van der Waals surface area (Å²) in [7, 11) is 0. The number of aromatic nitrogens is 3. The van der Waals surface area contributed by atoms with Crippen molar-refractivity contribution in [2.75, 3.05) is 0 Å². The third-order valence-corrected chi connectivity index (χ3v) is 11.7. The number of nitrogens with zero attached hydrogens (tertiary/aromatic N) is 4. The molecule has 0 unspecified atom stereocenters. The van der Waals surface area contributed by atoms with E-state index in [1.54, 1.807) is 12.4 Å². The minimum atomic E-state index is 0. The van der Waals surface area contributed by atoms with E-state index in [9.17, 15) is 0 Å². The first kappa shape index (κ1) is 44.9. The average molecular weight is 1080 g/mol. The van der Waals surface area contributed by atoms with Gasteiger partial charge in [-0.1, -0.05) is 89.5 Å². The molecule has 0 saturated heterocycles. The molecule has 0 atom stereocenters. The normalized spacial score (nSPS) is 15.8. The maximum atomic E-state index is 5.43. The van der Waals surface area contributed by atoms with E-state index in [1.807, 2.05) is 49.1 Å². The van der Waals surface area contributed by atoms with E-state index < -0.39 is 0 Å². The third-order valence-electron chi connectivity index (χ3n) is 11.7. The molecule has 0 aliphatic carbocycles. The number of hydrogen-bond acceptors (Lipinski definition) is 4. The second-order valence-electron chi connectivity index (χ2n) is 16.1. The Kier molecular flexibility index (Phi) is 13.8. The number of quaternary nitrogens is 2. The minimum Gasteiger partial charge on any atom is -0.280 e. The van der Waals surface area contributed by atoms with Crippen LogP contribution in [0, 0.1) is 20.8 Å². The van der Waals surface area contributed by atoms with Crippen LogP contribution in [-0.4, -0.2) is 21.4 Å². The predicted molar refractivity (Wildman–Crippen MR) is 254 cm³/mol. The summed E-state index contributed by atoms with van der Waals surface area (Å²) >= 11 is 0. The summed E-state index contributed by atoms with van der Waals surface area (Å²) in [6.45, 7) is 6.39. The number of nitrogens with two attached hydrogens (primary N) is 2. The Hall–Kier alpha value is -6.66. The molecule has 5 aliphatic heterocycles. The molecule has 0 radical (unpaired) electrons. The number of aryl methyl sites for hydroxylation is 3. The van der Waals surface area contributed by atoms with Crippen LogP contribution in [0.2, 0.25) is 0 Å². The Morgan fingerprint density at radius 1 is 0.385 bits per heavy atom. The van der Waals surface area contributed by atoms with Crippen molar-refractivity contribution >= 4 is 33.7 Å². The monoisotopic (exact) mass is 1080 g/mol. The van der Waals surface area contributed by atoms with E-state index in [2.05, 4.69) is 180 Å². The standard InChI is InChI=1S/C46H35N5.C10H8N2.Pt.Zn/c1-28-4-10-31(11-5-28)43-35-16-18-37(48-35)44(32-12-6-29(2)7-13-32)39-20-22-41(50-39)46(34-24-26-47-27-25-34)42-23-21-40(51-42)45(38-19-17-36(43)49-38)33-14-8-30(3)9-15-33;1-5-11-6-2-9(1)10-3-7-12-8-4-10;;/h4-27,48,51H,1-3H3;1-8H;;/q;;2*+2/p+3. The second kappa shape index (κ2) is 20.0. The number of rotatable bonds is 5. The molecule has 0 fully saturated rings. The first-order valence-corrected chi connectivity index (χ1v) is 21.2. The van der Waals surface area contributed by atoms with Gasteiger partial charge in [0, 0.05) is 61.2 Å². The molecule has 65 heavy (non-hydrogen) atoms. The first-order chi connectivity index (χ1) is 30.9. The fraction of sp³-hybridized carbons (Fsp3) is 0.0536. The molecule has 7 nitrogen and oxygen atoms in total. The zero-order valence-corrected chi connectivity index (χ0v) is 41.7. The summed E-state index contributed by atoms with van der Waals surface area (Å²) in [5.74, 6) is 0. The molecule has 9 heteroatoms. The van der Waals surface area contributed by atoms with Gasteiger partial charge in [-0.05, 0) is 103 Å². The van der Waals surface area contributed by atoms with Crippen LogP contribution in [0.1, 0.15) is 38.9 Å². The molecule has 3 aromatic heterocycles. The molecule has 5 N–H and O–H groups in total. The van der Waals surface area contributed by atoms with Gasteiger partial charge in [-0.25, -0.2) is 15.0 Å². The molecule has 0 amide bonds. The van der Waals surface area contributed by atoms with Gasteiger partial charge in [0.05, 0.1) is 45.1 Å². The minimum absolute atomic E-state index is 0. The number of hydrogen-bond donors (Lipinski definition) is 2. The molecule has 0 saturated carbocycles. The van der Waals surface area contributed by atoms with Crippen LogP contribution in [-0.2, 0) is 40.5 Å². The topological polar surface area (TPSA) is 97.9 Å². The van der Waals surface area contributed by atoms with E-state index in [4.69, 9.17) is 9.98 Å². The van der Waals surface area contributed by atoms with Crippen molar-refractivity contribution in [2.24, 2.45) is 9.98 Å². The second-order valence-corrected chi connectivity index (χ2v) is 16.1. The van der Waals surface area contributed by atoms with Crippen molar-refractivity contribution in [3.63, 3.8) is 0 Å². The Bertz CT molecular complexity index is 3080. The summed E-state index contributed by atoms with van der Waals surface area (Å²) in [4.78, 5) is 22.1. The molecule has 3 aromatic carbocycles. The van der Waals surface area contributed by atoms with Crippen LogP contribution in [0.25, 0.3) is 33.4 Å².